The molecule has 56 valence electrons. The highest BCUT2D eigenvalue weighted by Gasteiger charge is 1.96. The summed E-state index contributed by atoms with van der Waals surface area (Å²) in [6.07, 6.45) is 0. The van der Waals surface area contributed by atoms with Gasteiger partial charge in [0.25, 0.3) is 0 Å². The van der Waals surface area contributed by atoms with Crippen LogP contribution >= 0.6 is 15.9 Å². The zero-order chi connectivity index (χ0) is 7.28. The number of alkyl halides is 1. The molecule has 0 aromatic heterocycles. The molecule has 0 fully saturated rings. The molecule has 0 saturated carbocycles. The highest BCUT2D eigenvalue weighted by molar-refractivity contribution is 9.09. The van der Waals surface area contributed by atoms with Crippen molar-refractivity contribution in [1.82, 2.24) is 0 Å². The molecule has 0 rings (SSSR count). The fourth-order valence-corrected chi connectivity index (χ4v) is 0.653. The van der Waals surface area contributed by atoms with Crippen LogP contribution in [0.25, 0.3) is 0 Å². The summed E-state index contributed by atoms with van der Waals surface area (Å²) >= 11 is 3.40. The van der Waals surface area contributed by atoms with Gasteiger partial charge in [-0.15, -0.1) is 0 Å². The summed E-state index contributed by atoms with van der Waals surface area (Å²) in [6, 6.07) is 0. The van der Waals surface area contributed by atoms with Crippen molar-refractivity contribution in [2.24, 2.45) is 5.92 Å². The van der Waals surface area contributed by atoms with Gasteiger partial charge in [0, 0.05) is 11.4 Å². The fraction of sp³-hybridized carbons (Fsp3) is 1.00. The van der Waals surface area contributed by atoms with E-state index in [-0.39, 0.29) is 0 Å². The molecule has 1 nitrogen and oxygen atoms in total. The van der Waals surface area contributed by atoms with E-state index in [9.17, 15) is 0 Å². The lowest BCUT2D eigenvalue weighted by molar-refractivity contribution is 0.114. The highest BCUT2D eigenvalue weighted by Crippen LogP contribution is 1.99. The van der Waals surface area contributed by atoms with Crippen molar-refractivity contribution < 1.29 is 4.74 Å². The Hall–Kier alpha value is 0.440. The molecule has 0 heterocycles. The molecule has 0 aliphatic rings. The van der Waals surface area contributed by atoms with Gasteiger partial charge < -0.3 is 4.74 Å². The van der Waals surface area contributed by atoms with Crippen LogP contribution < -0.4 is 0 Å². The highest BCUT2D eigenvalue weighted by atomic mass is 79.9. The molecule has 0 aromatic rings. The molecule has 1 atom stereocenters. The van der Waals surface area contributed by atoms with Gasteiger partial charge in [-0.3, -0.25) is 0 Å². The van der Waals surface area contributed by atoms with Crippen molar-refractivity contribution >= 4 is 15.9 Å². The van der Waals surface area contributed by atoms with E-state index >= 15 is 0 Å². The molecule has 0 aromatic carbocycles. The van der Waals surface area contributed by atoms with Gasteiger partial charge in [-0.25, -0.2) is 0 Å². The van der Waals surface area contributed by atoms with Gasteiger partial charge >= 0.3 is 0 Å². The second-order valence-electron chi connectivity index (χ2n) is 2.71. The number of rotatable bonds is 4. The van der Waals surface area contributed by atoms with Crippen LogP contribution in [0.3, 0.4) is 0 Å². The third-order valence-corrected chi connectivity index (χ3v) is 1.06. The molecule has 0 aliphatic carbocycles. The van der Waals surface area contributed by atoms with Crippen molar-refractivity contribution in [2.45, 2.75) is 25.6 Å². The summed E-state index contributed by atoms with van der Waals surface area (Å²) in [5.74, 6) is 0.649. The minimum atomic E-state index is 0.483. The van der Waals surface area contributed by atoms with E-state index in [1.165, 1.54) is 0 Å². The van der Waals surface area contributed by atoms with Crippen molar-refractivity contribution in [3.8, 4) is 0 Å². The fourth-order valence-electron chi connectivity index (χ4n) is 0.466. The molecule has 1 unspecified atom stereocenters. The maximum absolute atomic E-state index is 5.31. The first-order valence-corrected chi connectivity index (χ1v) is 4.26. The summed E-state index contributed by atoms with van der Waals surface area (Å²) in [4.78, 5) is 0.483. The maximum atomic E-state index is 5.31. The summed E-state index contributed by atoms with van der Waals surface area (Å²) < 4.78 is 5.31. The Balaban J connectivity index is 2.91. The average molecular weight is 195 g/mol. The minimum absolute atomic E-state index is 0.483. The summed E-state index contributed by atoms with van der Waals surface area (Å²) in [6.45, 7) is 8.08. The SMILES string of the molecule is CC(C)COCC(C)Br. The topological polar surface area (TPSA) is 9.23 Å². The number of ether oxygens (including phenoxy) is 1. The van der Waals surface area contributed by atoms with Crippen molar-refractivity contribution in [2.75, 3.05) is 13.2 Å². The van der Waals surface area contributed by atoms with E-state index in [1.54, 1.807) is 0 Å². The van der Waals surface area contributed by atoms with E-state index < -0.39 is 0 Å². The van der Waals surface area contributed by atoms with E-state index in [2.05, 4.69) is 36.7 Å². The van der Waals surface area contributed by atoms with Gasteiger partial charge in [-0.1, -0.05) is 36.7 Å². The van der Waals surface area contributed by atoms with Crippen molar-refractivity contribution in [3.05, 3.63) is 0 Å². The van der Waals surface area contributed by atoms with E-state index in [0.29, 0.717) is 10.7 Å². The van der Waals surface area contributed by atoms with Crippen LogP contribution in [-0.4, -0.2) is 18.0 Å². The average Bonchev–Trinajstić information content (AvgIpc) is 1.63. The quantitative estimate of drug-likeness (QED) is 0.626. The van der Waals surface area contributed by atoms with Gasteiger partial charge in [-0.05, 0) is 5.92 Å². The van der Waals surface area contributed by atoms with Crippen LogP contribution in [0.15, 0.2) is 0 Å². The smallest absolute Gasteiger partial charge is 0.0588 e. The Morgan fingerprint density at radius 2 is 1.78 bits per heavy atom. The molecule has 0 amide bonds. The molecule has 0 bridgehead atoms. The molecule has 9 heavy (non-hydrogen) atoms. The van der Waals surface area contributed by atoms with Crippen LogP contribution in [-0.2, 0) is 4.74 Å². The van der Waals surface area contributed by atoms with E-state index in [1.807, 2.05) is 0 Å². The number of hydrogen-bond donors (Lipinski definition) is 0. The first-order valence-electron chi connectivity index (χ1n) is 3.34. The van der Waals surface area contributed by atoms with Gasteiger partial charge in [-0.2, -0.15) is 0 Å². The third-order valence-electron chi connectivity index (χ3n) is 0.799. The molecule has 0 radical (unpaired) electrons. The second-order valence-corrected chi connectivity index (χ2v) is 4.28. The Morgan fingerprint density at radius 1 is 1.22 bits per heavy atom. The second kappa shape index (κ2) is 5.24. The Bertz CT molecular complexity index is 53.9. The zero-order valence-electron chi connectivity index (χ0n) is 6.36. The van der Waals surface area contributed by atoms with Crippen molar-refractivity contribution in [3.63, 3.8) is 0 Å². The molecular formula is C7H15BrO. The first kappa shape index (κ1) is 9.44. The predicted molar refractivity (Wildman–Crippen MR) is 44.0 cm³/mol. The van der Waals surface area contributed by atoms with E-state index in [4.69, 9.17) is 4.74 Å². The van der Waals surface area contributed by atoms with Crippen LogP contribution in [0.2, 0.25) is 0 Å². The lowest BCUT2D eigenvalue weighted by Gasteiger charge is -2.06. The molecule has 0 saturated heterocycles. The van der Waals surface area contributed by atoms with Crippen LogP contribution in [0.4, 0.5) is 0 Å². The maximum Gasteiger partial charge on any atom is 0.0588 e. The van der Waals surface area contributed by atoms with Gasteiger partial charge in [0.05, 0.1) is 6.61 Å². The minimum Gasteiger partial charge on any atom is -0.380 e. The van der Waals surface area contributed by atoms with Crippen LogP contribution in [0.1, 0.15) is 20.8 Å². The summed E-state index contributed by atoms with van der Waals surface area (Å²) in [5.41, 5.74) is 0. The van der Waals surface area contributed by atoms with Gasteiger partial charge in [0.15, 0.2) is 0 Å². The lowest BCUT2D eigenvalue weighted by Crippen LogP contribution is -2.08. The standard InChI is InChI=1S/C7H15BrO/c1-6(2)4-9-5-7(3)8/h6-7H,4-5H2,1-3H3. The van der Waals surface area contributed by atoms with Crippen LogP contribution in [0.5, 0.6) is 0 Å². The molecule has 0 spiro atoms. The van der Waals surface area contributed by atoms with E-state index in [0.717, 1.165) is 13.2 Å². The number of hydrogen-bond acceptors (Lipinski definition) is 1. The molecule has 2 heteroatoms. The molecule has 0 aliphatic heterocycles. The summed E-state index contributed by atoms with van der Waals surface area (Å²) in [5, 5.41) is 0. The van der Waals surface area contributed by atoms with Gasteiger partial charge in [0.2, 0.25) is 0 Å². The molecular weight excluding hydrogens is 180 g/mol. The van der Waals surface area contributed by atoms with Crippen molar-refractivity contribution in [1.29, 1.82) is 0 Å². The Kier molecular flexibility index (Phi) is 5.50. The largest absolute Gasteiger partial charge is 0.380 e. The lowest BCUT2D eigenvalue weighted by atomic mass is 10.2. The zero-order valence-corrected chi connectivity index (χ0v) is 7.94. The number of halogens is 1. The summed E-state index contributed by atoms with van der Waals surface area (Å²) in [7, 11) is 0. The Morgan fingerprint density at radius 3 is 2.11 bits per heavy atom. The predicted octanol–water partition coefficient (Wildman–Crippen LogP) is 2.44. The normalized spacial score (nSPS) is 14.3. The first-order chi connectivity index (χ1) is 4.13. The third kappa shape index (κ3) is 8.44. The Labute approximate surface area is 65.9 Å². The monoisotopic (exact) mass is 194 g/mol. The van der Waals surface area contributed by atoms with Gasteiger partial charge in [0.1, 0.15) is 0 Å². The van der Waals surface area contributed by atoms with Crippen LogP contribution in [0, 0.1) is 5.92 Å². The molecule has 0 N–H and O–H groups in total.